The molecule has 0 aliphatic carbocycles. The molecule has 2 aliphatic rings. The SMILES string of the molecule is Cc1ccc(N(c2ccccc2)c2cc3c(c4ccccc24)c2cc4c5c(c2n3-c2ccccc2)Oc2ccc3ccccc3c2B5c2c(ccc3ccccc23)O4)cc1. The first-order chi connectivity index (χ1) is 29.7. The maximum Gasteiger partial charge on any atom is 0.262 e. The average molecular weight is 767 g/mol. The third-order valence-corrected chi connectivity index (χ3v) is 12.7. The highest BCUT2D eigenvalue weighted by molar-refractivity contribution is 7.01. The van der Waals surface area contributed by atoms with Crippen LogP contribution in [-0.4, -0.2) is 11.3 Å². The number of nitrogens with zero attached hydrogens (tertiary/aromatic N) is 2. The fourth-order valence-corrected chi connectivity index (χ4v) is 10.1. The van der Waals surface area contributed by atoms with Gasteiger partial charge in [-0.3, -0.25) is 0 Å². The summed E-state index contributed by atoms with van der Waals surface area (Å²) < 4.78 is 17.0. The highest BCUT2D eigenvalue weighted by atomic mass is 16.5. The van der Waals surface area contributed by atoms with E-state index >= 15 is 0 Å². The van der Waals surface area contributed by atoms with Crippen molar-refractivity contribution in [1.82, 2.24) is 4.57 Å². The third kappa shape index (κ3) is 4.69. The van der Waals surface area contributed by atoms with E-state index in [0.717, 1.165) is 83.8 Å². The summed E-state index contributed by atoms with van der Waals surface area (Å²) in [6, 6.07) is 69.9. The summed E-state index contributed by atoms with van der Waals surface area (Å²) in [5, 5.41) is 9.30. The van der Waals surface area contributed by atoms with E-state index in [0.29, 0.717) is 0 Å². The van der Waals surface area contributed by atoms with Gasteiger partial charge in [0.25, 0.3) is 6.71 Å². The zero-order valence-electron chi connectivity index (χ0n) is 32.8. The Morgan fingerprint density at radius 3 is 1.70 bits per heavy atom. The van der Waals surface area contributed by atoms with Gasteiger partial charge in [0.05, 0.1) is 16.7 Å². The van der Waals surface area contributed by atoms with Crippen molar-refractivity contribution in [3.8, 4) is 28.7 Å². The Balaban J connectivity index is 1.20. The van der Waals surface area contributed by atoms with Crippen LogP contribution in [0.2, 0.25) is 0 Å². The second kappa shape index (κ2) is 12.6. The van der Waals surface area contributed by atoms with Crippen LogP contribution in [0.15, 0.2) is 194 Å². The van der Waals surface area contributed by atoms with Crippen molar-refractivity contribution in [1.29, 1.82) is 0 Å². The molecule has 2 aliphatic heterocycles. The van der Waals surface area contributed by atoms with Gasteiger partial charge in [-0.15, -0.1) is 0 Å². The molecule has 280 valence electrons. The summed E-state index contributed by atoms with van der Waals surface area (Å²) in [4.78, 5) is 2.39. The topological polar surface area (TPSA) is 26.6 Å². The summed E-state index contributed by atoms with van der Waals surface area (Å²) in [7, 11) is 0. The first-order valence-electron chi connectivity index (χ1n) is 20.6. The molecule has 0 saturated carbocycles. The van der Waals surface area contributed by atoms with Crippen LogP contribution in [-0.2, 0) is 0 Å². The number of anilines is 3. The minimum Gasteiger partial charge on any atom is -0.458 e. The van der Waals surface area contributed by atoms with E-state index in [4.69, 9.17) is 9.47 Å². The second-order valence-corrected chi connectivity index (χ2v) is 16.1. The predicted molar refractivity (Wildman–Crippen MR) is 250 cm³/mol. The van der Waals surface area contributed by atoms with E-state index in [-0.39, 0.29) is 6.71 Å². The molecular formula is C55H35BN2O2. The van der Waals surface area contributed by atoms with Crippen LogP contribution in [0, 0.1) is 6.92 Å². The maximum absolute atomic E-state index is 7.39. The number of rotatable bonds is 4. The number of ether oxygens (including phenoxy) is 2. The Labute approximate surface area is 347 Å². The number of fused-ring (bicyclic) bond motifs is 14. The summed E-state index contributed by atoms with van der Waals surface area (Å²) in [6.07, 6.45) is 0. The van der Waals surface area contributed by atoms with Crippen molar-refractivity contribution >= 4 is 94.3 Å². The van der Waals surface area contributed by atoms with E-state index in [2.05, 4.69) is 211 Å². The molecule has 1 aromatic heterocycles. The van der Waals surface area contributed by atoms with Crippen LogP contribution in [0.3, 0.4) is 0 Å². The molecule has 0 spiro atoms. The van der Waals surface area contributed by atoms with Gasteiger partial charge in [-0.25, -0.2) is 0 Å². The number of aromatic nitrogens is 1. The molecule has 0 amide bonds. The van der Waals surface area contributed by atoms with Gasteiger partial charge < -0.3 is 18.9 Å². The van der Waals surface area contributed by atoms with Crippen LogP contribution in [0.5, 0.6) is 23.0 Å². The van der Waals surface area contributed by atoms with E-state index in [1.54, 1.807) is 0 Å². The maximum atomic E-state index is 7.39. The van der Waals surface area contributed by atoms with Gasteiger partial charge in [-0.05, 0) is 105 Å². The zero-order valence-corrected chi connectivity index (χ0v) is 32.8. The molecule has 0 atom stereocenters. The van der Waals surface area contributed by atoms with E-state index in [1.807, 2.05) is 0 Å². The lowest BCUT2D eigenvalue weighted by molar-refractivity contribution is 0.468. The van der Waals surface area contributed by atoms with Crippen LogP contribution >= 0.6 is 0 Å². The number of aryl methyl sites for hydroxylation is 1. The quantitative estimate of drug-likeness (QED) is 0.167. The van der Waals surface area contributed by atoms with Gasteiger partial charge >= 0.3 is 0 Å². The monoisotopic (exact) mass is 766 g/mol. The van der Waals surface area contributed by atoms with Crippen LogP contribution in [0.25, 0.3) is 59.8 Å². The standard InChI is InChI=1S/C55H35BN2O2/c1-34-24-28-39(29-25-34)57(37-16-4-2-5-17-37)45-33-46-50(43-23-13-12-22-42(43)45)44-32-49-53-55(54(44)58(46)38-18-6-3-7-19-38)60-48-31-27-36-15-9-11-21-41(36)52(48)56(53)51-40-20-10-8-14-35(40)26-30-47(51)59-49/h2-33H,1H3. The Kier molecular flexibility index (Phi) is 6.99. The molecule has 13 rings (SSSR count). The minimum absolute atomic E-state index is 0.131. The van der Waals surface area contributed by atoms with Crippen LogP contribution in [0.4, 0.5) is 17.1 Å². The molecular weight excluding hydrogens is 731 g/mol. The van der Waals surface area contributed by atoms with E-state index in [1.165, 1.54) is 38.0 Å². The van der Waals surface area contributed by atoms with Gasteiger partial charge in [0.1, 0.15) is 17.2 Å². The lowest BCUT2D eigenvalue weighted by Crippen LogP contribution is -2.58. The fourth-order valence-electron chi connectivity index (χ4n) is 10.1. The number of benzene rings is 10. The van der Waals surface area contributed by atoms with Crippen molar-refractivity contribution < 1.29 is 9.47 Å². The number of hydrogen-bond donors (Lipinski definition) is 0. The molecule has 0 fully saturated rings. The third-order valence-electron chi connectivity index (χ3n) is 12.7. The molecule has 0 unspecified atom stereocenters. The van der Waals surface area contributed by atoms with Crippen molar-refractivity contribution in [2.75, 3.05) is 4.90 Å². The fraction of sp³-hybridized carbons (Fsp3) is 0.0182. The molecule has 60 heavy (non-hydrogen) atoms. The molecule has 4 nitrogen and oxygen atoms in total. The first-order valence-corrected chi connectivity index (χ1v) is 20.6. The smallest absolute Gasteiger partial charge is 0.262 e. The molecule has 0 saturated heterocycles. The predicted octanol–water partition coefficient (Wildman–Crippen LogP) is 12.7. The van der Waals surface area contributed by atoms with E-state index in [9.17, 15) is 0 Å². The molecule has 0 radical (unpaired) electrons. The van der Waals surface area contributed by atoms with Crippen LogP contribution in [0.1, 0.15) is 5.56 Å². The molecule has 0 bridgehead atoms. The van der Waals surface area contributed by atoms with Crippen molar-refractivity contribution in [2.45, 2.75) is 6.92 Å². The van der Waals surface area contributed by atoms with Gasteiger partial charge in [0.15, 0.2) is 5.75 Å². The summed E-state index contributed by atoms with van der Waals surface area (Å²) in [6.45, 7) is 2.01. The summed E-state index contributed by atoms with van der Waals surface area (Å²) in [5.74, 6) is 3.41. The lowest BCUT2D eigenvalue weighted by Gasteiger charge is -2.35. The Bertz CT molecular complexity index is 3510. The molecule has 5 heteroatoms. The molecule has 10 aromatic carbocycles. The first kappa shape index (κ1) is 33.2. The minimum atomic E-state index is -0.131. The normalized spacial score (nSPS) is 12.7. The van der Waals surface area contributed by atoms with Crippen molar-refractivity contribution in [2.24, 2.45) is 0 Å². The van der Waals surface area contributed by atoms with Gasteiger partial charge in [-0.1, -0.05) is 139 Å². The summed E-state index contributed by atoms with van der Waals surface area (Å²) in [5.41, 5.74) is 11.1. The Morgan fingerprint density at radius 1 is 0.450 bits per heavy atom. The van der Waals surface area contributed by atoms with Crippen LogP contribution < -0.4 is 30.8 Å². The molecule has 11 aromatic rings. The highest BCUT2D eigenvalue weighted by Crippen LogP contribution is 2.50. The molecule has 0 N–H and O–H groups in total. The largest absolute Gasteiger partial charge is 0.458 e. The number of para-hydroxylation sites is 2. The zero-order chi connectivity index (χ0) is 39.5. The average Bonchev–Trinajstić information content (AvgIpc) is 3.64. The Morgan fingerprint density at radius 2 is 1.02 bits per heavy atom. The van der Waals surface area contributed by atoms with E-state index < -0.39 is 0 Å². The van der Waals surface area contributed by atoms with Crippen molar-refractivity contribution in [3.05, 3.63) is 200 Å². The lowest BCUT2D eigenvalue weighted by atomic mass is 9.33. The van der Waals surface area contributed by atoms with Crippen molar-refractivity contribution in [3.63, 3.8) is 0 Å². The van der Waals surface area contributed by atoms with Gasteiger partial charge in [-0.2, -0.15) is 0 Å². The second-order valence-electron chi connectivity index (χ2n) is 16.1. The summed E-state index contributed by atoms with van der Waals surface area (Å²) >= 11 is 0. The number of hydrogen-bond acceptors (Lipinski definition) is 3. The Hall–Kier alpha value is -7.76. The molecule has 3 heterocycles. The van der Waals surface area contributed by atoms with Gasteiger partial charge in [0, 0.05) is 38.7 Å². The highest BCUT2D eigenvalue weighted by Gasteiger charge is 2.44. The van der Waals surface area contributed by atoms with Gasteiger partial charge in [0.2, 0.25) is 0 Å².